The molecule has 0 saturated carbocycles. The van der Waals surface area contributed by atoms with E-state index in [9.17, 15) is 0 Å². The quantitative estimate of drug-likeness (QED) is 0.790. The summed E-state index contributed by atoms with van der Waals surface area (Å²) in [6, 6.07) is 11.2. The Morgan fingerprint density at radius 2 is 1.95 bits per heavy atom. The summed E-state index contributed by atoms with van der Waals surface area (Å²) in [6.45, 7) is 0. The van der Waals surface area contributed by atoms with Crippen molar-refractivity contribution in [3.8, 4) is 11.4 Å². The minimum atomic E-state index is 0.511. The van der Waals surface area contributed by atoms with Crippen LogP contribution < -0.4 is 5.32 Å². The molecule has 0 atom stereocenters. The van der Waals surface area contributed by atoms with E-state index in [-0.39, 0.29) is 0 Å². The molecule has 2 heterocycles. The molecule has 0 bridgehead atoms. The molecule has 1 aromatic carbocycles. The predicted octanol–water partition coefficient (Wildman–Crippen LogP) is 3.53. The van der Waals surface area contributed by atoms with Crippen LogP contribution in [0.5, 0.6) is 0 Å². The van der Waals surface area contributed by atoms with E-state index < -0.39 is 0 Å². The maximum atomic E-state index is 6.06. The van der Waals surface area contributed by atoms with Crippen LogP contribution in [0.1, 0.15) is 0 Å². The SMILES string of the molecule is Clc1ccccc1Nc1ccc(-c2ncon2)cn1. The van der Waals surface area contributed by atoms with Crippen LogP contribution in [-0.2, 0) is 0 Å². The first-order chi connectivity index (χ1) is 9.33. The van der Waals surface area contributed by atoms with Crippen LogP contribution in [0.3, 0.4) is 0 Å². The van der Waals surface area contributed by atoms with Crippen LogP contribution in [-0.4, -0.2) is 15.1 Å². The van der Waals surface area contributed by atoms with Gasteiger partial charge in [-0.2, -0.15) is 4.98 Å². The minimum absolute atomic E-state index is 0.511. The van der Waals surface area contributed by atoms with Crippen molar-refractivity contribution in [2.75, 3.05) is 5.32 Å². The van der Waals surface area contributed by atoms with E-state index in [1.807, 2.05) is 36.4 Å². The molecule has 0 saturated heterocycles. The Morgan fingerprint density at radius 1 is 1.05 bits per heavy atom. The molecule has 0 aliphatic carbocycles. The molecule has 1 N–H and O–H groups in total. The van der Waals surface area contributed by atoms with Crippen LogP contribution in [0.2, 0.25) is 5.02 Å². The van der Waals surface area contributed by atoms with Crippen molar-refractivity contribution >= 4 is 23.1 Å². The van der Waals surface area contributed by atoms with Crippen molar-refractivity contribution in [3.63, 3.8) is 0 Å². The third-order valence-electron chi connectivity index (χ3n) is 2.52. The first-order valence-electron chi connectivity index (χ1n) is 5.57. The standard InChI is InChI=1S/C13H9ClN4O/c14-10-3-1-2-4-11(10)17-12-6-5-9(7-15-12)13-16-8-19-18-13/h1-8H,(H,15,17). The average Bonchev–Trinajstić information content (AvgIpc) is 2.96. The Bertz CT molecular complexity index is 667. The first kappa shape index (κ1) is 11.7. The van der Waals surface area contributed by atoms with Crippen LogP contribution in [0, 0.1) is 0 Å². The first-order valence-corrected chi connectivity index (χ1v) is 5.95. The maximum absolute atomic E-state index is 6.06. The fourth-order valence-corrected chi connectivity index (χ4v) is 1.78. The smallest absolute Gasteiger partial charge is 0.214 e. The van der Waals surface area contributed by atoms with Gasteiger partial charge in [-0.15, -0.1) is 0 Å². The molecule has 0 amide bonds. The fourth-order valence-electron chi connectivity index (χ4n) is 1.60. The molecular weight excluding hydrogens is 264 g/mol. The van der Waals surface area contributed by atoms with Gasteiger partial charge in [0.15, 0.2) is 0 Å². The zero-order valence-electron chi connectivity index (χ0n) is 9.75. The average molecular weight is 273 g/mol. The number of nitrogens with one attached hydrogen (secondary N) is 1. The number of para-hydroxylation sites is 1. The summed E-state index contributed by atoms with van der Waals surface area (Å²) in [5, 5.41) is 7.53. The van der Waals surface area contributed by atoms with Gasteiger partial charge in [0.25, 0.3) is 0 Å². The molecule has 3 aromatic rings. The second-order valence-electron chi connectivity index (χ2n) is 3.79. The van der Waals surface area contributed by atoms with Gasteiger partial charge in [-0.1, -0.05) is 28.9 Å². The lowest BCUT2D eigenvalue weighted by atomic mass is 10.2. The summed E-state index contributed by atoms with van der Waals surface area (Å²) in [4.78, 5) is 8.23. The van der Waals surface area contributed by atoms with Crippen LogP contribution in [0.25, 0.3) is 11.4 Å². The number of nitrogens with zero attached hydrogens (tertiary/aromatic N) is 3. The summed E-state index contributed by atoms with van der Waals surface area (Å²) in [6.07, 6.45) is 2.95. The molecule has 19 heavy (non-hydrogen) atoms. The number of anilines is 2. The van der Waals surface area contributed by atoms with Crippen molar-refractivity contribution in [3.05, 3.63) is 54.0 Å². The van der Waals surface area contributed by atoms with E-state index >= 15 is 0 Å². The second-order valence-corrected chi connectivity index (χ2v) is 4.20. The summed E-state index contributed by atoms with van der Waals surface area (Å²) < 4.78 is 4.69. The highest BCUT2D eigenvalue weighted by molar-refractivity contribution is 6.33. The molecule has 94 valence electrons. The van der Waals surface area contributed by atoms with E-state index in [2.05, 4.69) is 25.0 Å². The molecule has 0 spiro atoms. The van der Waals surface area contributed by atoms with Gasteiger partial charge in [0, 0.05) is 11.8 Å². The number of pyridine rings is 1. The number of aromatic nitrogens is 3. The molecule has 0 unspecified atom stereocenters. The van der Waals surface area contributed by atoms with Gasteiger partial charge in [-0.05, 0) is 24.3 Å². The van der Waals surface area contributed by atoms with Crippen molar-refractivity contribution in [2.45, 2.75) is 0 Å². The zero-order valence-corrected chi connectivity index (χ0v) is 10.5. The number of hydrogen-bond donors (Lipinski definition) is 1. The number of hydrogen-bond acceptors (Lipinski definition) is 5. The van der Waals surface area contributed by atoms with Crippen molar-refractivity contribution in [1.82, 2.24) is 15.1 Å². The van der Waals surface area contributed by atoms with Crippen molar-refractivity contribution < 1.29 is 4.52 Å². The Labute approximate surface area is 114 Å². The number of rotatable bonds is 3. The summed E-state index contributed by atoms with van der Waals surface area (Å²) in [7, 11) is 0. The molecule has 5 nitrogen and oxygen atoms in total. The Hall–Kier alpha value is -2.40. The normalized spacial score (nSPS) is 10.4. The van der Waals surface area contributed by atoms with Gasteiger partial charge in [-0.3, -0.25) is 0 Å². The molecule has 6 heteroatoms. The molecule has 2 aromatic heterocycles. The number of halogens is 1. The fraction of sp³-hybridized carbons (Fsp3) is 0. The minimum Gasteiger partial charge on any atom is -0.342 e. The maximum Gasteiger partial charge on any atom is 0.214 e. The molecular formula is C13H9ClN4O. The number of benzene rings is 1. The Morgan fingerprint density at radius 3 is 2.63 bits per heavy atom. The lowest BCUT2D eigenvalue weighted by Crippen LogP contribution is -1.94. The Kier molecular flexibility index (Phi) is 3.12. The summed E-state index contributed by atoms with van der Waals surface area (Å²) >= 11 is 6.06. The molecule has 0 fully saturated rings. The van der Waals surface area contributed by atoms with Gasteiger partial charge >= 0.3 is 0 Å². The summed E-state index contributed by atoms with van der Waals surface area (Å²) in [5.41, 5.74) is 1.60. The highest BCUT2D eigenvalue weighted by Gasteiger charge is 2.04. The Balaban J connectivity index is 1.82. The van der Waals surface area contributed by atoms with Gasteiger partial charge in [0.05, 0.1) is 10.7 Å². The van der Waals surface area contributed by atoms with E-state index in [4.69, 9.17) is 11.6 Å². The monoisotopic (exact) mass is 272 g/mol. The van der Waals surface area contributed by atoms with E-state index in [1.54, 1.807) is 6.20 Å². The van der Waals surface area contributed by atoms with E-state index in [0.717, 1.165) is 11.3 Å². The summed E-state index contributed by atoms with van der Waals surface area (Å²) in [5.74, 6) is 1.21. The van der Waals surface area contributed by atoms with Crippen LogP contribution >= 0.6 is 11.6 Å². The second kappa shape index (κ2) is 5.07. The molecule has 3 rings (SSSR count). The topological polar surface area (TPSA) is 63.8 Å². The van der Waals surface area contributed by atoms with Crippen molar-refractivity contribution in [1.29, 1.82) is 0 Å². The third-order valence-corrected chi connectivity index (χ3v) is 2.85. The molecule has 0 aliphatic rings. The molecule has 0 aliphatic heterocycles. The van der Waals surface area contributed by atoms with E-state index in [0.29, 0.717) is 16.7 Å². The highest BCUT2D eigenvalue weighted by Crippen LogP contribution is 2.24. The predicted molar refractivity (Wildman–Crippen MR) is 72.3 cm³/mol. The van der Waals surface area contributed by atoms with Crippen LogP contribution in [0.4, 0.5) is 11.5 Å². The third kappa shape index (κ3) is 2.56. The zero-order chi connectivity index (χ0) is 13.1. The molecule has 0 radical (unpaired) electrons. The van der Waals surface area contributed by atoms with Gasteiger partial charge in [0.1, 0.15) is 5.82 Å². The van der Waals surface area contributed by atoms with Gasteiger partial charge in [-0.25, -0.2) is 4.98 Å². The largest absolute Gasteiger partial charge is 0.342 e. The van der Waals surface area contributed by atoms with Gasteiger partial charge in [0.2, 0.25) is 12.2 Å². The highest BCUT2D eigenvalue weighted by atomic mass is 35.5. The van der Waals surface area contributed by atoms with E-state index in [1.165, 1.54) is 6.39 Å². The van der Waals surface area contributed by atoms with Gasteiger partial charge < -0.3 is 9.84 Å². The van der Waals surface area contributed by atoms with Crippen molar-refractivity contribution in [2.24, 2.45) is 0 Å². The van der Waals surface area contributed by atoms with Crippen LogP contribution in [0.15, 0.2) is 53.5 Å². The lowest BCUT2D eigenvalue weighted by Gasteiger charge is -2.07. The lowest BCUT2D eigenvalue weighted by molar-refractivity contribution is 0.418.